The van der Waals surface area contributed by atoms with Crippen molar-refractivity contribution in [3.8, 4) is 0 Å². The molecule has 0 aliphatic rings. The Morgan fingerprint density at radius 1 is 1.41 bits per heavy atom. The van der Waals surface area contributed by atoms with Gasteiger partial charge in [0.15, 0.2) is 0 Å². The summed E-state index contributed by atoms with van der Waals surface area (Å²) in [4.78, 5) is 7.99. The molecular formula is C10H16ClN3O2S. The molecule has 1 N–H and O–H groups in total. The molecule has 0 unspecified atom stereocenters. The van der Waals surface area contributed by atoms with Crippen molar-refractivity contribution in [3.63, 3.8) is 0 Å². The third-order valence-electron chi connectivity index (χ3n) is 2.16. The van der Waals surface area contributed by atoms with E-state index < -0.39 is 9.84 Å². The topological polar surface area (TPSA) is 72.0 Å². The minimum absolute atomic E-state index is 0.0696. The number of hydrogen-bond acceptors (Lipinski definition) is 5. The van der Waals surface area contributed by atoms with Gasteiger partial charge in [0.25, 0.3) is 0 Å². The summed E-state index contributed by atoms with van der Waals surface area (Å²) in [5, 5.41) is 3.40. The van der Waals surface area contributed by atoms with Gasteiger partial charge in [0.2, 0.25) is 0 Å². The fraction of sp³-hybridized carbons (Fsp3) is 0.600. The first-order valence-electron chi connectivity index (χ1n) is 5.35. The number of sulfone groups is 1. The van der Waals surface area contributed by atoms with Gasteiger partial charge in [0, 0.05) is 18.4 Å². The lowest BCUT2D eigenvalue weighted by atomic mass is 10.2. The van der Waals surface area contributed by atoms with Crippen molar-refractivity contribution in [2.45, 2.75) is 19.8 Å². The zero-order chi connectivity index (χ0) is 12.9. The first-order chi connectivity index (χ1) is 7.94. The van der Waals surface area contributed by atoms with Gasteiger partial charge in [-0.1, -0.05) is 24.9 Å². The lowest BCUT2D eigenvalue weighted by Gasteiger charge is -2.10. The fourth-order valence-electron chi connectivity index (χ4n) is 1.37. The molecule has 0 aromatic carbocycles. The van der Waals surface area contributed by atoms with Gasteiger partial charge in [-0.05, 0) is 6.42 Å². The molecule has 0 aliphatic heterocycles. The van der Waals surface area contributed by atoms with E-state index in [0.717, 1.165) is 18.4 Å². The second kappa shape index (κ2) is 6.16. The van der Waals surface area contributed by atoms with Crippen molar-refractivity contribution in [1.29, 1.82) is 0 Å². The standard InChI is InChI=1S/C10H16ClN3O2S/c1-3-4-8-9(11)13-7-14-10(8)12-5-6-17(2,15)16/h7H,3-6H2,1-2H3,(H,12,13,14). The van der Waals surface area contributed by atoms with Gasteiger partial charge in [-0.3, -0.25) is 0 Å². The van der Waals surface area contributed by atoms with Gasteiger partial charge < -0.3 is 5.32 Å². The number of nitrogens with zero attached hydrogens (tertiary/aromatic N) is 2. The van der Waals surface area contributed by atoms with E-state index in [2.05, 4.69) is 15.3 Å². The SMILES string of the molecule is CCCc1c(Cl)ncnc1NCCS(C)(=O)=O. The lowest BCUT2D eigenvalue weighted by Crippen LogP contribution is -2.16. The summed E-state index contributed by atoms with van der Waals surface area (Å²) < 4.78 is 22.0. The summed E-state index contributed by atoms with van der Waals surface area (Å²) in [7, 11) is -2.97. The van der Waals surface area contributed by atoms with Crippen LogP contribution < -0.4 is 5.32 Å². The molecule has 7 heteroatoms. The van der Waals surface area contributed by atoms with Crippen molar-refractivity contribution in [2.75, 3.05) is 23.9 Å². The Labute approximate surface area is 107 Å². The number of halogens is 1. The molecule has 1 heterocycles. The Morgan fingerprint density at radius 3 is 2.71 bits per heavy atom. The molecule has 5 nitrogen and oxygen atoms in total. The van der Waals surface area contributed by atoms with Crippen LogP contribution in [0.25, 0.3) is 0 Å². The smallest absolute Gasteiger partial charge is 0.149 e. The van der Waals surface area contributed by atoms with E-state index in [9.17, 15) is 8.42 Å². The van der Waals surface area contributed by atoms with Crippen molar-refractivity contribution >= 4 is 27.3 Å². The molecule has 0 atom stereocenters. The maximum atomic E-state index is 11.0. The zero-order valence-corrected chi connectivity index (χ0v) is 11.5. The van der Waals surface area contributed by atoms with Gasteiger partial charge in [0.05, 0.1) is 5.75 Å². The van der Waals surface area contributed by atoms with Crippen LogP contribution in [0.2, 0.25) is 5.15 Å². The molecule has 1 aromatic heterocycles. The summed E-state index contributed by atoms with van der Waals surface area (Å²) in [6.07, 6.45) is 4.26. The largest absolute Gasteiger partial charge is 0.369 e. The van der Waals surface area contributed by atoms with Crippen molar-refractivity contribution in [3.05, 3.63) is 17.0 Å². The van der Waals surface area contributed by atoms with E-state index >= 15 is 0 Å². The van der Waals surface area contributed by atoms with Crippen LogP contribution in [0.3, 0.4) is 0 Å². The summed E-state index contributed by atoms with van der Waals surface area (Å²) in [5.74, 6) is 0.690. The van der Waals surface area contributed by atoms with Crippen molar-refractivity contribution < 1.29 is 8.42 Å². The molecular weight excluding hydrogens is 262 g/mol. The molecule has 0 spiro atoms. The van der Waals surface area contributed by atoms with Crippen LogP contribution in [-0.2, 0) is 16.3 Å². The average molecular weight is 278 g/mol. The van der Waals surface area contributed by atoms with E-state index in [1.54, 1.807) is 0 Å². The van der Waals surface area contributed by atoms with Crippen LogP contribution in [0, 0.1) is 0 Å². The Bertz CT molecular complexity index is 476. The molecule has 17 heavy (non-hydrogen) atoms. The average Bonchev–Trinajstić information content (AvgIpc) is 2.21. The molecule has 96 valence electrons. The number of aromatic nitrogens is 2. The molecule has 0 saturated carbocycles. The number of anilines is 1. The third kappa shape index (κ3) is 4.87. The second-order valence-corrected chi connectivity index (χ2v) is 6.42. The predicted octanol–water partition coefficient (Wildman–Crippen LogP) is 1.54. The van der Waals surface area contributed by atoms with Gasteiger partial charge in [-0.25, -0.2) is 18.4 Å². The predicted molar refractivity (Wildman–Crippen MR) is 69.2 cm³/mol. The number of hydrogen-bond donors (Lipinski definition) is 1. The number of nitrogens with one attached hydrogen (secondary N) is 1. The normalized spacial score (nSPS) is 11.5. The quantitative estimate of drug-likeness (QED) is 0.799. The molecule has 1 aromatic rings. The first-order valence-corrected chi connectivity index (χ1v) is 7.79. The monoisotopic (exact) mass is 277 g/mol. The summed E-state index contributed by atoms with van der Waals surface area (Å²) in [6, 6.07) is 0. The van der Waals surface area contributed by atoms with Crippen LogP contribution in [-0.4, -0.2) is 36.9 Å². The molecule has 0 aliphatic carbocycles. The minimum atomic E-state index is -2.97. The Kier molecular flexibility index (Phi) is 5.14. The zero-order valence-electron chi connectivity index (χ0n) is 9.90. The highest BCUT2D eigenvalue weighted by atomic mass is 35.5. The van der Waals surface area contributed by atoms with Gasteiger partial charge in [-0.15, -0.1) is 0 Å². The molecule has 0 saturated heterocycles. The van der Waals surface area contributed by atoms with E-state index in [1.807, 2.05) is 6.92 Å². The van der Waals surface area contributed by atoms with Crippen LogP contribution in [0.1, 0.15) is 18.9 Å². The van der Waals surface area contributed by atoms with Crippen molar-refractivity contribution in [2.24, 2.45) is 0 Å². The van der Waals surface area contributed by atoms with Crippen LogP contribution in [0.5, 0.6) is 0 Å². The Balaban J connectivity index is 2.73. The Hall–Kier alpha value is -0.880. The van der Waals surface area contributed by atoms with Gasteiger partial charge in [0.1, 0.15) is 27.1 Å². The Morgan fingerprint density at radius 2 is 2.12 bits per heavy atom. The van der Waals surface area contributed by atoms with Gasteiger partial charge >= 0.3 is 0 Å². The van der Waals surface area contributed by atoms with Crippen LogP contribution >= 0.6 is 11.6 Å². The minimum Gasteiger partial charge on any atom is -0.369 e. The molecule has 0 bridgehead atoms. The highest BCUT2D eigenvalue weighted by molar-refractivity contribution is 7.90. The molecule has 0 fully saturated rings. The lowest BCUT2D eigenvalue weighted by molar-refractivity contribution is 0.602. The fourth-order valence-corrected chi connectivity index (χ4v) is 2.07. The summed E-state index contributed by atoms with van der Waals surface area (Å²) in [5.41, 5.74) is 0.838. The van der Waals surface area contributed by atoms with Crippen LogP contribution in [0.4, 0.5) is 5.82 Å². The van der Waals surface area contributed by atoms with E-state index in [-0.39, 0.29) is 5.75 Å². The highest BCUT2D eigenvalue weighted by Gasteiger charge is 2.09. The van der Waals surface area contributed by atoms with Crippen molar-refractivity contribution in [1.82, 2.24) is 9.97 Å². The maximum Gasteiger partial charge on any atom is 0.149 e. The summed E-state index contributed by atoms with van der Waals surface area (Å²) in [6.45, 7) is 2.35. The van der Waals surface area contributed by atoms with E-state index in [1.165, 1.54) is 12.6 Å². The van der Waals surface area contributed by atoms with E-state index in [4.69, 9.17) is 11.6 Å². The molecule has 0 radical (unpaired) electrons. The molecule has 0 amide bonds. The van der Waals surface area contributed by atoms with E-state index in [0.29, 0.717) is 17.5 Å². The highest BCUT2D eigenvalue weighted by Crippen LogP contribution is 2.21. The maximum absolute atomic E-state index is 11.0. The second-order valence-electron chi connectivity index (χ2n) is 3.80. The van der Waals surface area contributed by atoms with Crippen LogP contribution in [0.15, 0.2) is 6.33 Å². The number of rotatable bonds is 6. The molecule has 1 rings (SSSR count). The third-order valence-corrected chi connectivity index (χ3v) is 3.43. The first kappa shape index (κ1) is 14.2. The van der Waals surface area contributed by atoms with Gasteiger partial charge in [-0.2, -0.15) is 0 Å². The summed E-state index contributed by atoms with van der Waals surface area (Å²) >= 11 is 5.97.